The predicted molar refractivity (Wildman–Crippen MR) is 114 cm³/mol. The molecule has 4 rings (SSSR count). The van der Waals surface area contributed by atoms with Crippen molar-refractivity contribution in [2.75, 3.05) is 0 Å². The summed E-state index contributed by atoms with van der Waals surface area (Å²) in [6, 6.07) is 11.5. The van der Waals surface area contributed by atoms with Crippen molar-refractivity contribution in [2.45, 2.75) is 37.8 Å². The lowest BCUT2D eigenvalue weighted by Crippen LogP contribution is -2.41. The van der Waals surface area contributed by atoms with Crippen LogP contribution < -0.4 is 11.1 Å². The van der Waals surface area contributed by atoms with Crippen LogP contribution in [-0.4, -0.2) is 19.1 Å². The molecule has 2 heterocycles. The lowest BCUT2D eigenvalue weighted by atomic mass is 10.2. The molecule has 0 aliphatic rings. The maximum atomic E-state index is 12.4. The molecule has 0 amide bonds. The van der Waals surface area contributed by atoms with Gasteiger partial charge in [0.2, 0.25) is 0 Å². The summed E-state index contributed by atoms with van der Waals surface area (Å²) in [4.78, 5) is 32.8. The van der Waals surface area contributed by atoms with Crippen molar-refractivity contribution in [3.63, 3.8) is 0 Å². The Labute approximate surface area is 170 Å². The molecule has 0 unspecified atom stereocenters. The predicted octanol–water partition coefficient (Wildman–Crippen LogP) is 4.03. The third-order valence-corrected chi connectivity index (χ3v) is 5.89. The van der Waals surface area contributed by atoms with Crippen LogP contribution in [0.25, 0.3) is 22.1 Å². The number of H-pyrrole nitrogens is 1. The van der Waals surface area contributed by atoms with Gasteiger partial charge >= 0.3 is 11.1 Å². The van der Waals surface area contributed by atoms with E-state index in [2.05, 4.69) is 9.97 Å². The molecular weight excluding hydrogens is 396 g/mol. The summed E-state index contributed by atoms with van der Waals surface area (Å²) in [7, 11) is 0. The lowest BCUT2D eigenvalue weighted by molar-refractivity contribution is 0.683. The van der Waals surface area contributed by atoms with Crippen LogP contribution in [-0.2, 0) is 18.8 Å². The highest BCUT2D eigenvalue weighted by molar-refractivity contribution is 7.98. The normalized spacial score (nSPS) is 11.5. The third kappa shape index (κ3) is 3.25. The fourth-order valence-corrected chi connectivity index (χ4v) is 4.41. The SMILES string of the molecule is CCn1c(=O)c(=O)n(CC)c2cc3[nH]c(SCc4cccc(Cl)c4)nc3cc21. The van der Waals surface area contributed by atoms with Crippen molar-refractivity contribution in [1.29, 1.82) is 0 Å². The van der Waals surface area contributed by atoms with Crippen LogP contribution in [0.5, 0.6) is 0 Å². The first kappa shape index (κ1) is 18.8. The number of imidazole rings is 1. The number of nitrogens with zero attached hydrogens (tertiary/aromatic N) is 3. The van der Waals surface area contributed by atoms with E-state index in [9.17, 15) is 9.59 Å². The number of aromatic nitrogens is 4. The van der Waals surface area contributed by atoms with E-state index in [-0.39, 0.29) is 0 Å². The van der Waals surface area contributed by atoms with E-state index in [1.54, 1.807) is 11.8 Å². The van der Waals surface area contributed by atoms with Crippen molar-refractivity contribution < 1.29 is 0 Å². The fraction of sp³-hybridized carbons (Fsp3) is 0.250. The van der Waals surface area contributed by atoms with Gasteiger partial charge in [-0.2, -0.15) is 0 Å². The van der Waals surface area contributed by atoms with Crippen molar-refractivity contribution >= 4 is 45.4 Å². The number of thioether (sulfide) groups is 1. The average Bonchev–Trinajstić information content (AvgIpc) is 3.08. The number of aryl methyl sites for hydroxylation is 2. The molecule has 0 saturated heterocycles. The Balaban J connectivity index is 1.80. The number of hydrogen-bond acceptors (Lipinski definition) is 4. The zero-order valence-corrected chi connectivity index (χ0v) is 17.1. The van der Waals surface area contributed by atoms with Crippen LogP contribution in [0, 0.1) is 0 Å². The number of fused-ring (bicyclic) bond motifs is 2. The van der Waals surface area contributed by atoms with E-state index in [1.165, 1.54) is 9.13 Å². The van der Waals surface area contributed by atoms with E-state index >= 15 is 0 Å². The molecule has 0 aliphatic carbocycles. The Morgan fingerprint density at radius 1 is 1.04 bits per heavy atom. The molecule has 0 fully saturated rings. The fourth-order valence-electron chi connectivity index (χ4n) is 3.37. The van der Waals surface area contributed by atoms with E-state index in [1.807, 2.05) is 50.2 Å². The maximum Gasteiger partial charge on any atom is 0.316 e. The van der Waals surface area contributed by atoms with Crippen LogP contribution >= 0.6 is 23.4 Å². The summed E-state index contributed by atoms with van der Waals surface area (Å²) in [6.07, 6.45) is 0. The molecule has 0 saturated carbocycles. The second-order valence-electron chi connectivity index (χ2n) is 6.42. The van der Waals surface area contributed by atoms with Crippen molar-refractivity contribution in [3.8, 4) is 0 Å². The van der Waals surface area contributed by atoms with Gasteiger partial charge in [-0.15, -0.1) is 0 Å². The second-order valence-corrected chi connectivity index (χ2v) is 7.82. The minimum Gasteiger partial charge on any atom is -0.333 e. The molecule has 2 aromatic heterocycles. The first-order valence-corrected chi connectivity index (χ1v) is 10.4. The standard InChI is InChI=1S/C20H19ClN4O2S/c1-3-24-16-9-14-15(10-17(16)25(4-2)19(27)18(24)26)23-20(22-14)28-11-12-6-5-7-13(21)8-12/h5-10H,3-4,11H2,1-2H3,(H,22,23). The Hall–Kier alpha value is -2.51. The number of rotatable bonds is 5. The van der Waals surface area contributed by atoms with Crippen LogP contribution in [0.2, 0.25) is 5.02 Å². The van der Waals surface area contributed by atoms with Crippen molar-refractivity contribution in [3.05, 3.63) is 67.7 Å². The largest absolute Gasteiger partial charge is 0.333 e. The third-order valence-electron chi connectivity index (χ3n) is 4.71. The average molecular weight is 415 g/mol. The molecule has 144 valence electrons. The molecule has 4 aromatic rings. The zero-order valence-electron chi connectivity index (χ0n) is 15.5. The Kier molecular flexibility index (Phi) is 5.03. The van der Waals surface area contributed by atoms with E-state index < -0.39 is 11.1 Å². The van der Waals surface area contributed by atoms with Gasteiger partial charge in [0.25, 0.3) is 0 Å². The van der Waals surface area contributed by atoms with Gasteiger partial charge in [0.15, 0.2) is 5.16 Å². The Morgan fingerprint density at radius 3 is 2.36 bits per heavy atom. The van der Waals surface area contributed by atoms with Gasteiger partial charge in [-0.3, -0.25) is 9.59 Å². The highest BCUT2D eigenvalue weighted by Crippen LogP contribution is 2.26. The van der Waals surface area contributed by atoms with E-state index in [4.69, 9.17) is 11.6 Å². The number of hydrogen-bond donors (Lipinski definition) is 1. The van der Waals surface area contributed by atoms with Gasteiger partial charge in [0.1, 0.15) is 0 Å². The zero-order chi connectivity index (χ0) is 19.8. The van der Waals surface area contributed by atoms with Crippen LogP contribution in [0.4, 0.5) is 0 Å². The topological polar surface area (TPSA) is 72.7 Å². The summed E-state index contributed by atoms with van der Waals surface area (Å²) in [5.41, 5.74) is 3.18. The summed E-state index contributed by atoms with van der Waals surface area (Å²) < 4.78 is 3.03. The summed E-state index contributed by atoms with van der Waals surface area (Å²) in [5, 5.41) is 1.49. The van der Waals surface area contributed by atoms with Crippen molar-refractivity contribution in [1.82, 2.24) is 19.1 Å². The van der Waals surface area contributed by atoms with E-state index in [0.29, 0.717) is 18.1 Å². The van der Waals surface area contributed by atoms with E-state index in [0.717, 1.165) is 38.5 Å². The molecule has 28 heavy (non-hydrogen) atoms. The molecular formula is C20H19ClN4O2S. The van der Waals surface area contributed by atoms with Crippen LogP contribution in [0.1, 0.15) is 19.4 Å². The molecule has 0 bridgehead atoms. The monoisotopic (exact) mass is 414 g/mol. The second kappa shape index (κ2) is 7.48. The number of benzene rings is 2. The van der Waals surface area contributed by atoms with Gasteiger partial charge in [0.05, 0.1) is 22.1 Å². The molecule has 6 nitrogen and oxygen atoms in total. The van der Waals surface area contributed by atoms with Crippen LogP contribution in [0.3, 0.4) is 0 Å². The highest BCUT2D eigenvalue weighted by Gasteiger charge is 2.14. The smallest absolute Gasteiger partial charge is 0.316 e. The van der Waals surface area contributed by atoms with Crippen LogP contribution in [0.15, 0.2) is 51.1 Å². The first-order valence-electron chi connectivity index (χ1n) is 9.06. The number of aromatic amines is 1. The summed E-state index contributed by atoms with van der Waals surface area (Å²) in [6.45, 7) is 4.59. The van der Waals surface area contributed by atoms with Crippen molar-refractivity contribution in [2.24, 2.45) is 0 Å². The molecule has 0 atom stereocenters. The summed E-state index contributed by atoms with van der Waals surface area (Å²) in [5.74, 6) is 0.735. The Morgan fingerprint density at radius 2 is 1.71 bits per heavy atom. The molecule has 8 heteroatoms. The van der Waals surface area contributed by atoms with Gasteiger partial charge < -0.3 is 14.1 Å². The quantitative estimate of drug-likeness (QED) is 0.395. The first-order chi connectivity index (χ1) is 13.5. The highest BCUT2D eigenvalue weighted by atomic mass is 35.5. The lowest BCUT2D eigenvalue weighted by Gasteiger charge is -2.12. The van der Waals surface area contributed by atoms with Gasteiger partial charge in [-0.25, -0.2) is 4.98 Å². The summed E-state index contributed by atoms with van der Waals surface area (Å²) >= 11 is 7.62. The number of halogens is 1. The van der Waals surface area contributed by atoms with Gasteiger partial charge in [-0.1, -0.05) is 35.5 Å². The molecule has 2 aromatic carbocycles. The maximum absolute atomic E-state index is 12.4. The molecule has 0 radical (unpaired) electrons. The van der Waals surface area contributed by atoms with Gasteiger partial charge in [-0.05, 0) is 43.7 Å². The minimum atomic E-state index is -0.498. The molecule has 0 aliphatic heterocycles. The minimum absolute atomic E-state index is 0.432. The number of nitrogens with one attached hydrogen (secondary N) is 1. The van der Waals surface area contributed by atoms with Gasteiger partial charge in [0, 0.05) is 23.9 Å². The molecule has 1 N–H and O–H groups in total. The Bertz CT molecular complexity index is 1230. The molecule has 0 spiro atoms.